The quantitative estimate of drug-likeness (QED) is 0.439. The van der Waals surface area contributed by atoms with Crippen LogP contribution in [0.15, 0.2) is 50.7 Å². The Morgan fingerprint density at radius 2 is 2.10 bits per heavy atom. The number of fused-ring (bicyclic) bond motifs is 1. The molecule has 0 unspecified atom stereocenters. The van der Waals surface area contributed by atoms with Crippen molar-refractivity contribution < 1.29 is 24.2 Å². The van der Waals surface area contributed by atoms with Gasteiger partial charge in [-0.3, -0.25) is 19.1 Å². The summed E-state index contributed by atoms with van der Waals surface area (Å²) >= 11 is 0. The van der Waals surface area contributed by atoms with Crippen LogP contribution >= 0.6 is 0 Å². The second-order valence-corrected chi connectivity index (χ2v) is 7.09. The van der Waals surface area contributed by atoms with Gasteiger partial charge in [-0.05, 0) is 18.1 Å². The number of furan rings is 1. The third-order valence-corrected chi connectivity index (χ3v) is 5.15. The maximum atomic E-state index is 12.5. The molecular weight excluding hydrogens is 394 g/mol. The van der Waals surface area contributed by atoms with Crippen LogP contribution in [-0.4, -0.2) is 51.0 Å². The number of carbonyl (C=O) groups excluding carboxylic acids is 1. The molecule has 0 aliphatic carbocycles. The van der Waals surface area contributed by atoms with Crippen LogP contribution in [0.2, 0.25) is 0 Å². The Labute approximate surface area is 169 Å². The van der Waals surface area contributed by atoms with Crippen molar-refractivity contribution in [2.45, 2.75) is 31.3 Å². The van der Waals surface area contributed by atoms with Gasteiger partial charge >= 0.3 is 5.69 Å². The molecule has 1 amide bonds. The predicted octanol–water partition coefficient (Wildman–Crippen LogP) is -0.104. The summed E-state index contributed by atoms with van der Waals surface area (Å²) in [5.41, 5.74) is -0.162. The van der Waals surface area contributed by atoms with Crippen molar-refractivity contribution in [2.24, 2.45) is 0 Å². The van der Waals surface area contributed by atoms with Crippen molar-refractivity contribution in [3.8, 4) is 0 Å². The summed E-state index contributed by atoms with van der Waals surface area (Å²) in [4.78, 5) is 38.9. The van der Waals surface area contributed by atoms with Gasteiger partial charge in [-0.1, -0.05) is 18.2 Å². The van der Waals surface area contributed by atoms with Crippen LogP contribution < -0.4 is 16.6 Å². The molecule has 0 radical (unpaired) electrons. The number of benzene rings is 1. The van der Waals surface area contributed by atoms with Gasteiger partial charge in [0.1, 0.15) is 23.5 Å². The summed E-state index contributed by atoms with van der Waals surface area (Å²) in [6.07, 6.45) is 0.592. The molecule has 158 valence electrons. The highest BCUT2D eigenvalue weighted by Gasteiger charge is 2.35. The van der Waals surface area contributed by atoms with E-state index in [9.17, 15) is 24.6 Å². The van der Waals surface area contributed by atoms with E-state index in [1.54, 1.807) is 6.26 Å². The number of aliphatic hydroxyl groups excluding tert-OH is 2. The Hall–Kier alpha value is -3.21. The Balaban J connectivity index is 1.47. The maximum absolute atomic E-state index is 12.5. The number of H-pyrrole nitrogens is 1. The van der Waals surface area contributed by atoms with Gasteiger partial charge in [0.15, 0.2) is 0 Å². The van der Waals surface area contributed by atoms with Crippen LogP contribution in [0.25, 0.3) is 11.0 Å². The molecule has 10 nitrogen and oxygen atoms in total. The van der Waals surface area contributed by atoms with Gasteiger partial charge in [0.25, 0.3) is 11.5 Å². The minimum Gasteiger partial charge on any atom is -0.464 e. The average Bonchev–Trinajstić information content (AvgIpc) is 3.31. The standard InChI is InChI=1S/C20H21N3O7/c24-9-16-14(25)7-17(30-16)23-8-13(19(27)22-20(23)28)18(26)21-6-5-11-10-29-15-4-2-1-3-12(11)15/h1-4,8,10,14,16-17,24-25H,5-7,9H2,(H,21,26)(H,22,27,28)/t14-,16+,17+/m0/s1. The van der Waals surface area contributed by atoms with Crippen LogP contribution in [0.1, 0.15) is 28.6 Å². The Bertz CT molecular complexity index is 1180. The third-order valence-electron chi connectivity index (χ3n) is 5.15. The fraction of sp³-hybridized carbons (Fsp3) is 0.350. The highest BCUT2D eigenvalue weighted by atomic mass is 16.5. The van der Waals surface area contributed by atoms with Crippen molar-refractivity contribution in [1.29, 1.82) is 0 Å². The van der Waals surface area contributed by atoms with Gasteiger partial charge in [-0.2, -0.15) is 0 Å². The van der Waals surface area contributed by atoms with E-state index in [0.717, 1.165) is 27.3 Å². The van der Waals surface area contributed by atoms with Crippen molar-refractivity contribution in [2.75, 3.05) is 13.2 Å². The number of para-hydroxylation sites is 1. The first-order chi connectivity index (χ1) is 14.5. The Kier molecular flexibility index (Phi) is 5.53. The molecule has 4 rings (SSSR count). The lowest BCUT2D eigenvalue weighted by atomic mass is 10.1. The average molecular weight is 415 g/mol. The first-order valence-electron chi connectivity index (χ1n) is 9.51. The summed E-state index contributed by atoms with van der Waals surface area (Å²) in [6.45, 7) is -0.155. The van der Waals surface area contributed by atoms with Crippen LogP contribution in [0.3, 0.4) is 0 Å². The Morgan fingerprint density at radius 1 is 1.30 bits per heavy atom. The number of aromatic amines is 1. The molecule has 1 fully saturated rings. The van der Waals surface area contributed by atoms with Gasteiger partial charge < -0.3 is 24.7 Å². The molecule has 3 aromatic rings. The number of hydrogen-bond acceptors (Lipinski definition) is 7. The third kappa shape index (κ3) is 3.80. The van der Waals surface area contributed by atoms with E-state index < -0.39 is 42.2 Å². The maximum Gasteiger partial charge on any atom is 0.330 e. The first-order valence-corrected chi connectivity index (χ1v) is 9.51. The van der Waals surface area contributed by atoms with E-state index >= 15 is 0 Å². The summed E-state index contributed by atoms with van der Waals surface area (Å²) in [6, 6.07) is 7.54. The number of amides is 1. The SMILES string of the molecule is O=C(NCCc1coc2ccccc12)c1cn([C@H]2C[C@H](O)[C@@H](CO)O2)c(=O)[nH]c1=O. The molecule has 0 bridgehead atoms. The number of aliphatic hydroxyl groups is 2. The summed E-state index contributed by atoms with van der Waals surface area (Å²) in [5.74, 6) is -0.643. The molecule has 30 heavy (non-hydrogen) atoms. The van der Waals surface area contributed by atoms with Gasteiger partial charge in [0, 0.05) is 24.5 Å². The second-order valence-electron chi connectivity index (χ2n) is 7.09. The molecular formula is C20H21N3O7. The number of nitrogens with one attached hydrogen (secondary N) is 2. The van der Waals surface area contributed by atoms with E-state index in [1.807, 2.05) is 24.3 Å². The molecule has 1 aliphatic heterocycles. The number of carbonyl (C=O) groups is 1. The molecule has 2 aromatic heterocycles. The van der Waals surface area contributed by atoms with Crippen LogP contribution in [0.4, 0.5) is 0 Å². The lowest BCUT2D eigenvalue weighted by molar-refractivity contribution is -0.0459. The topological polar surface area (TPSA) is 147 Å². The van der Waals surface area contributed by atoms with Gasteiger partial charge in [-0.25, -0.2) is 4.79 Å². The second kappa shape index (κ2) is 8.27. The molecule has 3 atom stereocenters. The number of aromatic nitrogens is 2. The zero-order valence-electron chi connectivity index (χ0n) is 15.9. The molecule has 1 aliphatic rings. The fourth-order valence-electron chi connectivity index (χ4n) is 3.54. The predicted molar refractivity (Wildman–Crippen MR) is 105 cm³/mol. The monoisotopic (exact) mass is 415 g/mol. The highest BCUT2D eigenvalue weighted by molar-refractivity contribution is 5.93. The molecule has 4 N–H and O–H groups in total. The van der Waals surface area contributed by atoms with E-state index in [1.165, 1.54) is 0 Å². The van der Waals surface area contributed by atoms with Crippen LogP contribution in [0.5, 0.6) is 0 Å². The molecule has 0 saturated carbocycles. The number of nitrogens with zero attached hydrogens (tertiary/aromatic N) is 1. The van der Waals surface area contributed by atoms with E-state index in [-0.39, 0.29) is 18.5 Å². The van der Waals surface area contributed by atoms with Crippen molar-refractivity contribution in [1.82, 2.24) is 14.9 Å². The minimum atomic E-state index is -0.958. The van der Waals surface area contributed by atoms with E-state index in [0.29, 0.717) is 6.42 Å². The lowest BCUT2D eigenvalue weighted by Gasteiger charge is -2.15. The lowest BCUT2D eigenvalue weighted by Crippen LogP contribution is -2.38. The fourth-order valence-corrected chi connectivity index (χ4v) is 3.54. The smallest absolute Gasteiger partial charge is 0.330 e. The zero-order valence-corrected chi connectivity index (χ0v) is 15.9. The molecule has 1 saturated heterocycles. The summed E-state index contributed by atoms with van der Waals surface area (Å²) < 4.78 is 11.9. The van der Waals surface area contributed by atoms with Gasteiger partial charge in [-0.15, -0.1) is 0 Å². The number of rotatable bonds is 6. The normalized spacial score (nSPS) is 21.2. The van der Waals surface area contributed by atoms with Crippen molar-refractivity contribution >= 4 is 16.9 Å². The summed E-state index contributed by atoms with van der Waals surface area (Å²) in [5, 5.41) is 22.7. The van der Waals surface area contributed by atoms with E-state index in [4.69, 9.17) is 9.15 Å². The largest absolute Gasteiger partial charge is 0.464 e. The van der Waals surface area contributed by atoms with Crippen molar-refractivity contribution in [3.05, 3.63) is 68.7 Å². The minimum absolute atomic E-state index is 0.0474. The van der Waals surface area contributed by atoms with Crippen LogP contribution in [-0.2, 0) is 11.2 Å². The van der Waals surface area contributed by atoms with Crippen molar-refractivity contribution in [3.63, 3.8) is 0 Å². The first kappa shape index (κ1) is 20.1. The van der Waals surface area contributed by atoms with Gasteiger partial charge in [0.2, 0.25) is 0 Å². The van der Waals surface area contributed by atoms with E-state index in [2.05, 4.69) is 10.3 Å². The highest BCUT2D eigenvalue weighted by Crippen LogP contribution is 2.27. The molecule has 3 heterocycles. The molecule has 10 heteroatoms. The van der Waals surface area contributed by atoms with Gasteiger partial charge in [0.05, 0.1) is 19.0 Å². The number of hydrogen-bond donors (Lipinski definition) is 4. The Morgan fingerprint density at radius 3 is 2.87 bits per heavy atom. The number of ether oxygens (including phenoxy) is 1. The molecule has 0 spiro atoms. The summed E-state index contributed by atoms with van der Waals surface area (Å²) in [7, 11) is 0. The zero-order chi connectivity index (χ0) is 21.3. The van der Waals surface area contributed by atoms with Crippen LogP contribution in [0, 0.1) is 0 Å². The molecule has 1 aromatic carbocycles.